The van der Waals surface area contributed by atoms with Crippen molar-refractivity contribution in [3.8, 4) is 0 Å². The smallest absolute Gasteiger partial charge is 0.319 e. The summed E-state index contributed by atoms with van der Waals surface area (Å²) in [6.07, 6.45) is -0.788. The van der Waals surface area contributed by atoms with E-state index < -0.39 is 18.0 Å². The molecule has 0 spiro atoms. The maximum absolute atomic E-state index is 13.0. The zero-order valence-electron chi connectivity index (χ0n) is 11.6. The molecule has 2 aromatic rings. The van der Waals surface area contributed by atoms with Crippen LogP contribution < -0.4 is 10.6 Å². The van der Waals surface area contributed by atoms with Gasteiger partial charge in [-0.25, -0.2) is 9.18 Å². The summed E-state index contributed by atoms with van der Waals surface area (Å²) >= 11 is 0. The molecule has 0 unspecified atom stereocenters. The fourth-order valence-corrected chi connectivity index (χ4v) is 1.84. The predicted octanol–water partition coefficient (Wildman–Crippen LogP) is 2.99. The molecule has 4 nitrogen and oxygen atoms in total. The number of aliphatic hydroxyl groups is 1. The molecule has 0 fully saturated rings. The average molecular weight is 288 g/mol. The number of anilines is 1. The van der Waals surface area contributed by atoms with Crippen LogP contribution in [0, 0.1) is 12.7 Å². The molecule has 2 rings (SSSR count). The standard InChI is InChI=1S/C16H17FN2O2/c1-11-5-7-12(8-6-11)15(20)10-18-16(21)19-14-4-2-3-13(17)9-14/h2-9,15,20H,10H2,1H3,(H2,18,19,21)/t15-/m1/s1. The van der Waals surface area contributed by atoms with E-state index in [-0.39, 0.29) is 6.54 Å². The molecule has 3 N–H and O–H groups in total. The number of aryl methyl sites for hydroxylation is 1. The van der Waals surface area contributed by atoms with Crippen molar-refractivity contribution < 1.29 is 14.3 Å². The molecule has 1 atom stereocenters. The van der Waals surface area contributed by atoms with Crippen LogP contribution in [0.3, 0.4) is 0 Å². The van der Waals surface area contributed by atoms with Crippen molar-refractivity contribution in [3.63, 3.8) is 0 Å². The summed E-state index contributed by atoms with van der Waals surface area (Å²) in [4.78, 5) is 11.7. The van der Waals surface area contributed by atoms with Crippen molar-refractivity contribution in [1.29, 1.82) is 0 Å². The van der Waals surface area contributed by atoms with Gasteiger partial charge in [-0.1, -0.05) is 35.9 Å². The van der Waals surface area contributed by atoms with Gasteiger partial charge in [0.25, 0.3) is 0 Å². The van der Waals surface area contributed by atoms with E-state index in [9.17, 15) is 14.3 Å². The van der Waals surface area contributed by atoms with Crippen molar-refractivity contribution in [2.24, 2.45) is 0 Å². The minimum absolute atomic E-state index is 0.0736. The average Bonchev–Trinajstić information content (AvgIpc) is 2.45. The third-order valence-electron chi connectivity index (χ3n) is 3.00. The fourth-order valence-electron chi connectivity index (χ4n) is 1.84. The molecular weight excluding hydrogens is 271 g/mol. The Morgan fingerprint density at radius 1 is 1.24 bits per heavy atom. The number of hydrogen-bond donors (Lipinski definition) is 3. The number of urea groups is 1. The second-order valence-electron chi connectivity index (χ2n) is 4.77. The molecule has 0 aliphatic rings. The fraction of sp³-hybridized carbons (Fsp3) is 0.188. The lowest BCUT2D eigenvalue weighted by Gasteiger charge is -2.13. The first-order chi connectivity index (χ1) is 10.0. The van der Waals surface area contributed by atoms with Crippen LogP contribution in [0.5, 0.6) is 0 Å². The molecule has 2 amide bonds. The van der Waals surface area contributed by atoms with Crippen molar-refractivity contribution in [2.75, 3.05) is 11.9 Å². The zero-order valence-corrected chi connectivity index (χ0v) is 11.6. The summed E-state index contributed by atoms with van der Waals surface area (Å²) in [5.74, 6) is -0.424. The monoisotopic (exact) mass is 288 g/mol. The summed E-state index contributed by atoms with van der Waals surface area (Å²) in [5, 5.41) is 15.0. The summed E-state index contributed by atoms with van der Waals surface area (Å²) in [5.41, 5.74) is 2.19. The summed E-state index contributed by atoms with van der Waals surface area (Å²) in [7, 11) is 0. The van der Waals surface area contributed by atoms with E-state index in [1.807, 2.05) is 31.2 Å². The van der Waals surface area contributed by atoms with Crippen LogP contribution in [0.25, 0.3) is 0 Å². The van der Waals surface area contributed by atoms with E-state index in [1.54, 1.807) is 6.07 Å². The van der Waals surface area contributed by atoms with Gasteiger partial charge in [0, 0.05) is 12.2 Å². The van der Waals surface area contributed by atoms with Crippen LogP contribution in [0.15, 0.2) is 48.5 Å². The van der Waals surface area contributed by atoms with E-state index in [0.717, 1.165) is 11.1 Å². The maximum Gasteiger partial charge on any atom is 0.319 e. The summed E-state index contributed by atoms with van der Waals surface area (Å²) in [6, 6.07) is 12.5. The van der Waals surface area contributed by atoms with E-state index in [0.29, 0.717) is 5.69 Å². The lowest BCUT2D eigenvalue weighted by atomic mass is 10.1. The molecule has 0 aliphatic heterocycles. The van der Waals surface area contributed by atoms with Crippen LogP contribution in [0.1, 0.15) is 17.2 Å². The number of hydrogen-bond acceptors (Lipinski definition) is 2. The van der Waals surface area contributed by atoms with E-state index >= 15 is 0 Å². The highest BCUT2D eigenvalue weighted by atomic mass is 19.1. The first-order valence-corrected chi connectivity index (χ1v) is 6.59. The highest BCUT2D eigenvalue weighted by Gasteiger charge is 2.09. The molecule has 0 bridgehead atoms. The van der Waals surface area contributed by atoms with E-state index in [4.69, 9.17) is 0 Å². The predicted molar refractivity (Wildman–Crippen MR) is 79.6 cm³/mol. The van der Waals surface area contributed by atoms with Crippen LogP contribution in [-0.2, 0) is 0 Å². The number of amides is 2. The Kier molecular flexibility index (Phi) is 4.90. The van der Waals surface area contributed by atoms with Gasteiger partial charge < -0.3 is 15.7 Å². The largest absolute Gasteiger partial charge is 0.387 e. The molecule has 0 radical (unpaired) electrons. The van der Waals surface area contributed by atoms with Crippen molar-refractivity contribution in [3.05, 3.63) is 65.5 Å². The molecule has 110 valence electrons. The van der Waals surface area contributed by atoms with Crippen LogP contribution in [0.4, 0.5) is 14.9 Å². The SMILES string of the molecule is Cc1ccc([C@H](O)CNC(=O)Nc2cccc(F)c2)cc1. The lowest BCUT2D eigenvalue weighted by Crippen LogP contribution is -2.32. The number of benzene rings is 2. The van der Waals surface area contributed by atoms with Gasteiger partial charge in [-0.2, -0.15) is 0 Å². The number of nitrogens with one attached hydrogen (secondary N) is 2. The van der Waals surface area contributed by atoms with Gasteiger partial charge in [-0.3, -0.25) is 0 Å². The Morgan fingerprint density at radius 3 is 2.62 bits per heavy atom. The Bertz CT molecular complexity index is 614. The quantitative estimate of drug-likeness (QED) is 0.810. The van der Waals surface area contributed by atoms with Crippen molar-refractivity contribution >= 4 is 11.7 Å². The first kappa shape index (κ1) is 15.0. The number of carbonyl (C=O) groups excluding carboxylic acids is 1. The summed E-state index contributed by atoms with van der Waals surface area (Å²) < 4.78 is 13.0. The van der Waals surface area contributed by atoms with Gasteiger partial charge in [0.2, 0.25) is 0 Å². The van der Waals surface area contributed by atoms with Crippen LogP contribution in [0.2, 0.25) is 0 Å². The van der Waals surface area contributed by atoms with Gasteiger partial charge in [-0.15, -0.1) is 0 Å². The Labute approximate surface area is 122 Å². The molecule has 0 saturated carbocycles. The molecular formula is C16H17FN2O2. The third-order valence-corrected chi connectivity index (χ3v) is 3.00. The molecule has 0 heterocycles. The van der Waals surface area contributed by atoms with Crippen molar-refractivity contribution in [2.45, 2.75) is 13.0 Å². The van der Waals surface area contributed by atoms with E-state index in [1.165, 1.54) is 18.2 Å². The topological polar surface area (TPSA) is 61.4 Å². The zero-order chi connectivity index (χ0) is 15.2. The number of halogens is 1. The second-order valence-corrected chi connectivity index (χ2v) is 4.77. The van der Waals surface area contributed by atoms with Crippen LogP contribution in [-0.4, -0.2) is 17.7 Å². The highest BCUT2D eigenvalue weighted by Crippen LogP contribution is 2.13. The highest BCUT2D eigenvalue weighted by molar-refractivity contribution is 5.89. The van der Waals surface area contributed by atoms with Crippen molar-refractivity contribution in [1.82, 2.24) is 5.32 Å². The number of aliphatic hydroxyl groups excluding tert-OH is 1. The van der Waals surface area contributed by atoms with Crippen LogP contribution >= 0.6 is 0 Å². The molecule has 21 heavy (non-hydrogen) atoms. The molecule has 5 heteroatoms. The Hall–Kier alpha value is -2.40. The minimum atomic E-state index is -0.788. The third kappa shape index (κ3) is 4.57. The molecule has 0 saturated heterocycles. The van der Waals surface area contributed by atoms with Gasteiger partial charge in [0.05, 0.1) is 6.10 Å². The maximum atomic E-state index is 13.0. The second kappa shape index (κ2) is 6.85. The lowest BCUT2D eigenvalue weighted by molar-refractivity contribution is 0.175. The van der Waals surface area contributed by atoms with Gasteiger partial charge >= 0.3 is 6.03 Å². The van der Waals surface area contributed by atoms with Gasteiger partial charge in [-0.05, 0) is 30.7 Å². The molecule has 2 aromatic carbocycles. The Morgan fingerprint density at radius 2 is 1.95 bits per heavy atom. The Balaban J connectivity index is 1.84. The first-order valence-electron chi connectivity index (χ1n) is 6.59. The minimum Gasteiger partial charge on any atom is -0.387 e. The number of rotatable bonds is 4. The van der Waals surface area contributed by atoms with Gasteiger partial charge in [0.1, 0.15) is 5.82 Å². The summed E-state index contributed by atoms with van der Waals surface area (Å²) in [6.45, 7) is 2.03. The normalized spacial score (nSPS) is 11.8. The molecule has 0 aromatic heterocycles. The van der Waals surface area contributed by atoms with Gasteiger partial charge in [0.15, 0.2) is 0 Å². The number of carbonyl (C=O) groups is 1. The van der Waals surface area contributed by atoms with E-state index in [2.05, 4.69) is 10.6 Å². The molecule has 0 aliphatic carbocycles.